The number of thiazole rings is 1. The molecule has 158 valence electrons. The number of amides is 1. The second-order valence-electron chi connectivity index (χ2n) is 7.54. The molecule has 1 fully saturated rings. The Morgan fingerprint density at radius 3 is 2.50 bits per heavy atom. The average Bonchev–Trinajstić information content (AvgIpc) is 3.20. The van der Waals surface area contributed by atoms with Gasteiger partial charge >= 0.3 is 0 Å². The number of ether oxygens (including phenoxy) is 2. The molecule has 1 aliphatic rings. The smallest absolute Gasteiger partial charge is 0.222 e. The molecule has 0 radical (unpaired) electrons. The van der Waals surface area contributed by atoms with Crippen molar-refractivity contribution in [2.45, 2.75) is 31.6 Å². The number of rotatable bonds is 6. The van der Waals surface area contributed by atoms with Gasteiger partial charge in [-0.15, -0.1) is 11.3 Å². The summed E-state index contributed by atoms with van der Waals surface area (Å²) in [6, 6.07) is 11.6. The highest BCUT2D eigenvalue weighted by atomic mass is 35.5. The lowest BCUT2D eigenvalue weighted by Gasteiger charge is -2.31. The lowest BCUT2D eigenvalue weighted by Crippen LogP contribution is -2.38. The zero-order chi connectivity index (χ0) is 21.1. The van der Waals surface area contributed by atoms with Crippen molar-refractivity contribution in [1.82, 2.24) is 9.88 Å². The first-order valence-corrected chi connectivity index (χ1v) is 11.3. The van der Waals surface area contributed by atoms with Crippen molar-refractivity contribution < 1.29 is 14.3 Å². The Morgan fingerprint density at radius 1 is 1.13 bits per heavy atom. The fourth-order valence-corrected chi connectivity index (χ4v) is 5.17. The Balaban J connectivity index is 1.33. The van der Waals surface area contributed by atoms with Crippen LogP contribution in [0.2, 0.25) is 5.02 Å². The zero-order valence-corrected chi connectivity index (χ0v) is 18.8. The first-order valence-electron chi connectivity index (χ1n) is 10.1. The Bertz CT molecular complexity index is 1020. The Morgan fingerprint density at radius 2 is 1.83 bits per heavy atom. The number of benzene rings is 2. The third kappa shape index (κ3) is 4.71. The molecule has 0 spiro atoms. The fourth-order valence-electron chi connectivity index (χ4n) is 3.89. The van der Waals surface area contributed by atoms with Gasteiger partial charge in [0, 0.05) is 36.5 Å². The van der Waals surface area contributed by atoms with E-state index in [-0.39, 0.29) is 5.91 Å². The number of aromatic nitrogens is 1. The van der Waals surface area contributed by atoms with Crippen LogP contribution in [0.3, 0.4) is 0 Å². The molecule has 7 heteroatoms. The van der Waals surface area contributed by atoms with E-state index in [1.165, 1.54) is 4.70 Å². The molecule has 4 rings (SSSR count). The SMILES string of the molecule is COc1cc(CCC(=O)N2CCC(c3nc4cc(Cl)ccc4s3)CC2)cc(OC)c1. The highest BCUT2D eigenvalue weighted by Crippen LogP contribution is 2.35. The van der Waals surface area contributed by atoms with Crippen molar-refractivity contribution in [3.8, 4) is 11.5 Å². The summed E-state index contributed by atoms with van der Waals surface area (Å²) in [6.07, 6.45) is 3.06. The van der Waals surface area contributed by atoms with Crippen LogP contribution in [0.1, 0.15) is 35.8 Å². The third-order valence-corrected chi connectivity index (χ3v) is 7.04. The molecule has 1 aliphatic heterocycles. The first kappa shape index (κ1) is 20.9. The lowest BCUT2D eigenvalue weighted by molar-refractivity contribution is -0.132. The Hall–Kier alpha value is -2.31. The van der Waals surface area contributed by atoms with E-state index in [2.05, 4.69) is 0 Å². The van der Waals surface area contributed by atoms with Crippen molar-refractivity contribution in [2.75, 3.05) is 27.3 Å². The minimum atomic E-state index is 0.200. The molecule has 30 heavy (non-hydrogen) atoms. The van der Waals surface area contributed by atoms with Crippen LogP contribution in [-0.2, 0) is 11.2 Å². The standard InChI is InChI=1S/C23H25ClN2O3S/c1-28-18-11-15(12-19(14-18)29-2)3-6-22(27)26-9-7-16(8-10-26)23-25-20-13-17(24)4-5-21(20)30-23/h4-5,11-14,16H,3,6-10H2,1-2H3. The normalized spacial score (nSPS) is 14.8. The summed E-state index contributed by atoms with van der Waals surface area (Å²) in [4.78, 5) is 19.5. The predicted octanol–water partition coefficient (Wildman–Crippen LogP) is 5.31. The molecule has 0 saturated carbocycles. The van der Waals surface area contributed by atoms with E-state index >= 15 is 0 Å². The number of methoxy groups -OCH3 is 2. The van der Waals surface area contributed by atoms with Gasteiger partial charge in [-0.1, -0.05) is 11.6 Å². The maximum absolute atomic E-state index is 12.7. The van der Waals surface area contributed by atoms with Crippen molar-refractivity contribution in [2.24, 2.45) is 0 Å². The molecule has 0 N–H and O–H groups in total. The maximum Gasteiger partial charge on any atom is 0.222 e. The number of carbonyl (C=O) groups excluding carboxylic acids is 1. The minimum Gasteiger partial charge on any atom is -0.497 e. The van der Waals surface area contributed by atoms with E-state index in [4.69, 9.17) is 26.1 Å². The molecule has 0 unspecified atom stereocenters. The molecule has 0 atom stereocenters. The van der Waals surface area contributed by atoms with Gasteiger partial charge in [0.25, 0.3) is 0 Å². The fraction of sp³-hybridized carbons (Fsp3) is 0.391. The highest BCUT2D eigenvalue weighted by molar-refractivity contribution is 7.18. The summed E-state index contributed by atoms with van der Waals surface area (Å²) in [7, 11) is 3.27. The Labute approximate surface area is 185 Å². The van der Waals surface area contributed by atoms with E-state index in [0.717, 1.165) is 53.5 Å². The molecular weight excluding hydrogens is 420 g/mol. The van der Waals surface area contributed by atoms with E-state index in [1.807, 2.05) is 41.3 Å². The molecule has 2 heterocycles. The van der Waals surface area contributed by atoms with Gasteiger partial charge in [0.15, 0.2) is 0 Å². The minimum absolute atomic E-state index is 0.200. The summed E-state index contributed by atoms with van der Waals surface area (Å²) in [5.41, 5.74) is 2.01. The summed E-state index contributed by atoms with van der Waals surface area (Å²) in [5.74, 6) is 2.10. The monoisotopic (exact) mass is 444 g/mol. The van der Waals surface area contributed by atoms with Crippen LogP contribution in [0, 0.1) is 0 Å². The molecule has 1 saturated heterocycles. The topological polar surface area (TPSA) is 51.7 Å². The quantitative estimate of drug-likeness (QED) is 0.517. The van der Waals surface area contributed by atoms with Crippen molar-refractivity contribution >= 4 is 39.1 Å². The molecule has 1 aromatic heterocycles. The van der Waals surface area contributed by atoms with Gasteiger partial charge in [-0.05, 0) is 55.2 Å². The zero-order valence-electron chi connectivity index (χ0n) is 17.2. The second-order valence-corrected chi connectivity index (χ2v) is 9.04. The number of hydrogen-bond donors (Lipinski definition) is 0. The Kier molecular flexibility index (Phi) is 6.44. The van der Waals surface area contributed by atoms with Gasteiger partial charge in [0.05, 0.1) is 29.4 Å². The largest absolute Gasteiger partial charge is 0.497 e. The predicted molar refractivity (Wildman–Crippen MR) is 121 cm³/mol. The molecular formula is C23H25ClN2O3S. The molecule has 2 aromatic carbocycles. The van der Waals surface area contributed by atoms with Crippen LogP contribution in [0.25, 0.3) is 10.2 Å². The summed E-state index contributed by atoms with van der Waals surface area (Å²) >= 11 is 7.82. The number of likely N-dealkylation sites (tertiary alicyclic amines) is 1. The van der Waals surface area contributed by atoms with Gasteiger partial charge < -0.3 is 14.4 Å². The molecule has 5 nitrogen and oxygen atoms in total. The van der Waals surface area contributed by atoms with E-state index in [1.54, 1.807) is 25.6 Å². The first-order chi connectivity index (χ1) is 14.6. The van der Waals surface area contributed by atoms with E-state index in [9.17, 15) is 4.79 Å². The third-order valence-electron chi connectivity index (χ3n) is 5.60. The van der Waals surface area contributed by atoms with Crippen molar-refractivity contribution in [3.05, 3.63) is 52.0 Å². The number of aryl methyl sites for hydroxylation is 1. The number of nitrogens with zero attached hydrogens (tertiary/aromatic N) is 2. The van der Waals surface area contributed by atoms with Crippen molar-refractivity contribution in [3.63, 3.8) is 0 Å². The number of hydrogen-bond acceptors (Lipinski definition) is 5. The second kappa shape index (κ2) is 9.23. The molecule has 1 amide bonds. The van der Waals surface area contributed by atoms with Gasteiger partial charge in [-0.2, -0.15) is 0 Å². The number of fused-ring (bicyclic) bond motifs is 1. The lowest BCUT2D eigenvalue weighted by atomic mass is 9.97. The van der Waals surface area contributed by atoms with Gasteiger partial charge in [0.1, 0.15) is 11.5 Å². The summed E-state index contributed by atoms with van der Waals surface area (Å²) < 4.78 is 11.8. The average molecular weight is 445 g/mol. The van der Waals surface area contributed by atoms with Crippen LogP contribution in [0.15, 0.2) is 36.4 Å². The van der Waals surface area contributed by atoms with Crippen LogP contribution in [0.4, 0.5) is 0 Å². The highest BCUT2D eigenvalue weighted by Gasteiger charge is 2.25. The van der Waals surface area contributed by atoms with E-state index < -0.39 is 0 Å². The number of halogens is 1. The van der Waals surface area contributed by atoms with E-state index in [0.29, 0.717) is 23.8 Å². The number of carbonyl (C=O) groups is 1. The summed E-state index contributed by atoms with van der Waals surface area (Å²) in [6.45, 7) is 1.56. The number of piperidine rings is 1. The van der Waals surface area contributed by atoms with Crippen molar-refractivity contribution in [1.29, 1.82) is 0 Å². The maximum atomic E-state index is 12.7. The van der Waals surface area contributed by atoms with Crippen LogP contribution in [-0.4, -0.2) is 43.1 Å². The van der Waals surface area contributed by atoms with Gasteiger partial charge in [0.2, 0.25) is 5.91 Å². The van der Waals surface area contributed by atoms with Crippen LogP contribution < -0.4 is 9.47 Å². The van der Waals surface area contributed by atoms with Gasteiger partial charge in [-0.25, -0.2) is 4.98 Å². The molecule has 0 aliphatic carbocycles. The van der Waals surface area contributed by atoms with Crippen LogP contribution >= 0.6 is 22.9 Å². The van der Waals surface area contributed by atoms with Crippen LogP contribution in [0.5, 0.6) is 11.5 Å². The summed E-state index contributed by atoms with van der Waals surface area (Å²) in [5, 5.41) is 1.87. The molecule has 0 bridgehead atoms. The molecule has 3 aromatic rings. The van der Waals surface area contributed by atoms with Gasteiger partial charge in [-0.3, -0.25) is 4.79 Å².